The van der Waals surface area contributed by atoms with Crippen molar-refractivity contribution in [3.8, 4) is 0 Å². The third-order valence-electron chi connectivity index (χ3n) is 6.48. The number of nitrogens with zero attached hydrogens (tertiary/aromatic N) is 4. The SMILES string of the molecule is CN1C[C@H](CNC(=O)c2ccncn2)C[C@@H]2c3cccc4c3c(cn4C)C[C@H]21. The fraction of sp³-hybridized carbons (Fsp3) is 0.409. The van der Waals surface area contributed by atoms with Crippen molar-refractivity contribution in [3.05, 3.63) is 59.8 Å². The minimum atomic E-state index is -0.122. The molecule has 1 fully saturated rings. The minimum Gasteiger partial charge on any atom is -0.350 e. The first-order valence-electron chi connectivity index (χ1n) is 9.93. The molecule has 144 valence electrons. The Hall–Kier alpha value is -2.73. The van der Waals surface area contributed by atoms with Gasteiger partial charge in [-0.05, 0) is 49.1 Å². The number of aryl methyl sites for hydroxylation is 1. The molecule has 6 heteroatoms. The number of hydrogen-bond acceptors (Lipinski definition) is 4. The van der Waals surface area contributed by atoms with Crippen molar-refractivity contribution in [2.24, 2.45) is 13.0 Å². The van der Waals surface area contributed by atoms with Gasteiger partial charge in [-0.1, -0.05) is 12.1 Å². The predicted octanol–water partition coefficient (Wildman–Crippen LogP) is 2.36. The number of likely N-dealkylation sites (N-methyl/N-ethyl adjacent to an activating group) is 1. The smallest absolute Gasteiger partial charge is 0.270 e. The molecule has 3 heterocycles. The van der Waals surface area contributed by atoms with E-state index in [4.69, 9.17) is 0 Å². The summed E-state index contributed by atoms with van der Waals surface area (Å²) in [7, 11) is 4.36. The van der Waals surface area contributed by atoms with Gasteiger partial charge in [0, 0.05) is 55.4 Å². The first-order valence-corrected chi connectivity index (χ1v) is 9.93. The summed E-state index contributed by atoms with van der Waals surface area (Å²) in [5, 5.41) is 4.52. The summed E-state index contributed by atoms with van der Waals surface area (Å²) >= 11 is 0. The van der Waals surface area contributed by atoms with Gasteiger partial charge >= 0.3 is 0 Å². The second kappa shape index (κ2) is 6.71. The van der Waals surface area contributed by atoms with E-state index in [2.05, 4.69) is 63.2 Å². The number of rotatable bonds is 3. The number of carbonyl (C=O) groups is 1. The predicted molar refractivity (Wildman–Crippen MR) is 108 cm³/mol. The number of carbonyl (C=O) groups excluding carboxylic acids is 1. The van der Waals surface area contributed by atoms with Crippen molar-refractivity contribution in [3.63, 3.8) is 0 Å². The average molecular weight is 375 g/mol. The fourth-order valence-electron chi connectivity index (χ4n) is 5.23. The van der Waals surface area contributed by atoms with Crippen LogP contribution in [0.15, 0.2) is 43.0 Å². The molecular weight excluding hydrogens is 350 g/mol. The molecule has 0 unspecified atom stereocenters. The Morgan fingerprint density at radius 1 is 1.29 bits per heavy atom. The minimum absolute atomic E-state index is 0.122. The highest BCUT2D eigenvalue weighted by molar-refractivity contribution is 5.92. The van der Waals surface area contributed by atoms with Crippen LogP contribution in [-0.2, 0) is 13.5 Å². The third kappa shape index (κ3) is 2.79. The number of likely N-dealkylation sites (tertiary alicyclic amines) is 1. The number of piperidine rings is 1. The lowest BCUT2D eigenvalue weighted by Crippen LogP contribution is -2.50. The molecule has 28 heavy (non-hydrogen) atoms. The lowest BCUT2D eigenvalue weighted by atomic mass is 9.72. The van der Waals surface area contributed by atoms with Crippen LogP contribution in [-0.4, -0.2) is 51.5 Å². The van der Waals surface area contributed by atoms with Crippen LogP contribution in [0.5, 0.6) is 0 Å². The second-order valence-electron chi connectivity index (χ2n) is 8.23. The Balaban J connectivity index is 1.37. The van der Waals surface area contributed by atoms with Gasteiger partial charge in [0.2, 0.25) is 0 Å². The van der Waals surface area contributed by atoms with Crippen LogP contribution in [0, 0.1) is 5.92 Å². The topological polar surface area (TPSA) is 63.1 Å². The number of aromatic nitrogens is 3. The number of amides is 1. The Bertz CT molecular complexity index is 1030. The van der Waals surface area contributed by atoms with Gasteiger partial charge in [-0.2, -0.15) is 0 Å². The van der Waals surface area contributed by atoms with E-state index in [1.54, 1.807) is 12.3 Å². The van der Waals surface area contributed by atoms with Gasteiger partial charge in [0.1, 0.15) is 12.0 Å². The van der Waals surface area contributed by atoms with E-state index in [0.717, 1.165) is 19.4 Å². The normalized spacial score (nSPS) is 24.1. The lowest BCUT2D eigenvalue weighted by molar-refractivity contribution is 0.0886. The van der Waals surface area contributed by atoms with Gasteiger partial charge < -0.3 is 14.8 Å². The van der Waals surface area contributed by atoms with Crippen LogP contribution in [0.4, 0.5) is 0 Å². The van der Waals surface area contributed by atoms with Gasteiger partial charge in [0.05, 0.1) is 0 Å². The second-order valence-corrected chi connectivity index (χ2v) is 8.23. The standard InChI is InChI=1S/C22H25N5O/c1-26-11-14(10-24-22(28)18-6-7-23-13-25-18)8-17-16-4-3-5-19-21(16)15(9-20(17)26)12-27(19)2/h3-7,12-14,17,20H,8-11H2,1-2H3,(H,24,28)/t14-,17+,20+/m0/s1. The fourth-order valence-corrected chi connectivity index (χ4v) is 5.23. The van der Waals surface area contributed by atoms with Crippen molar-refractivity contribution >= 4 is 16.8 Å². The van der Waals surface area contributed by atoms with Gasteiger partial charge in [0.25, 0.3) is 5.91 Å². The molecule has 1 amide bonds. The van der Waals surface area contributed by atoms with Crippen LogP contribution in [0.3, 0.4) is 0 Å². The monoisotopic (exact) mass is 375 g/mol. The molecule has 6 nitrogen and oxygen atoms in total. The highest BCUT2D eigenvalue weighted by Crippen LogP contribution is 2.44. The molecule has 2 aromatic heterocycles. The van der Waals surface area contributed by atoms with Gasteiger partial charge in [-0.15, -0.1) is 0 Å². The first-order chi connectivity index (χ1) is 13.6. The molecule has 0 saturated carbocycles. The van der Waals surface area contributed by atoms with Crippen LogP contribution in [0.2, 0.25) is 0 Å². The molecule has 1 saturated heterocycles. The summed E-state index contributed by atoms with van der Waals surface area (Å²) in [4.78, 5) is 22.8. The van der Waals surface area contributed by atoms with Crippen molar-refractivity contribution in [1.82, 2.24) is 24.8 Å². The molecule has 3 atom stereocenters. The molecule has 0 bridgehead atoms. The molecule has 1 aromatic carbocycles. The van der Waals surface area contributed by atoms with Crippen molar-refractivity contribution < 1.29 is 4.79 Å². The van der Waals surface area contributed by atoms with Crippen molar-refractivity contribution in [2.45, 2.75) is 24.8 Å². The first kappa shape index (κ1) is 17.4. The zero-order valence-electron chi connectivity index (χ0n) is 16.3. The Labute approximate surface area is 164 Å². The molecule has 0 spiro atoms. The highest BCUT2D eigenvalue weighted by atomic mass is 16.1. The van der Waals surface area contributed by atoms with Crippen LogP contribution in [0.25, 0.3) is 10.9 Å². The van der Waals surface area contributed by atoms with Crippen LogP contribution >= 0.6 is 0 Å². The maximum Gasteiger partial charge on any atom is 0.270 e. The zero-order valence-corrected chi connectivity index (χ0v) is 16.3. The van der Waals surface area contributed by atoms with E-state index >= 15 is 0 Å². The van der Waals surface area contributed by atoms with E-state index in [9.17, 15) is 4.79 Å². The van der Waals surface area contributed by atoms with Crippen LogP contribution in [0.1, 0.15) is 34.0 Å². The summed E-state index contributed by atoms with van der Waals surface area (Å²) in [6.45, 7) is 1.68. The van der Waals surface area contributed by atoms with Gasteiger partial charge in [-0.25, -0.2) is 9.97 Å². The summed E-state index contributed by atoms with van der Waals surface area (Å²) in [5.74, 6) is 0.819. The quantitative estimate of drug-likeness (QED) is 0.763. The van der Waals surface area contributed by atoms with E-state index < -0.39 is 0 Å². The molecule has 0 radical (unpaired) electrons. The number of benzene rings is 1. The zero-order chi connectivity index (χ0) is 19.3. The third-order valence-corrected chi connectivity index (χ3v) is 6.48. The number of nitrogens with one attached hydrogen (secondary N) is 1. The largest absolute Gasteiger partial charge is 0.350 e. The molecule has 1 aliphatic heterocycles. The average Bonchev–Trinajstić information content (AvgIpc) is 3.04. The lowest BCUT2D eigenvalue weighted by Gasteiger charge is -2.45. The molecule has 2 aliphatic rings. The molecule has 1 N–H and O–H groups in total. The van der Waals surface area contributed by atoms with E-state index in [1.807, 2.05) is 0 Å². The molecule has 5 rings (SSSR count). The molecule has 1 aliphatic carbocycles. The molecule has 3 aromatic rings. The summed E-state index contributed by atoms with van der Waals surface area (Å²) < 4.78 is 2.25. The van der Waals surface area contributed by atoms with E-state index in [-0.39, 0.29) is 5.91 Å². The Morgan fingerprint density at radius 2 is 2.18 bits per heavy atom. The maximum absolute atomic E-state index is 12.4. The van der Waals surface area contributed by atoms with Crippen LogP contribution < -0.4 is 5.32 Å². The summed E-state index contributed by atoms with van der Waals surface area (Å²) in [6, 6.07) is 8.89. The Morgan fingerprint density at radius 3 is 3.00 bits per heavy atom. The number of hydrogen-bond donors (Lipinski definition) is 1. The summed E-state index contributed by atoms with van der Waals surface area (Å²) in [6.07, 6.45) is 7.52. The van der Waals surface area contributed by atoms with Crippen molar-refractivity contribution in [1.29, 1.82) is 0 Å². The van der Waals surface area contributed by atoms with Gasteiger partial charge in [-0.3, -0.25) is 4.79 Å². The molecular formula is C22H25N5O. The van der Waals surface area contributed by atoms with E-state index in [0.29, 0.717) is 30.1 Å². The van der Waals surface area contributed by atoms with Gasteiger partial charge in [0.15, 0.2) is 0 Å². The number of fused-ring (bicyclic) bond motifs is 2. The van der Waals surface area contributed by atoms with E-state index in [1.165, 1.54) is 28.4 Å². The summed E-state index contributed by atoms with van der Waals surface area (Å²) in [5.41, 5.74) is 4.70. The maximum atomic E-state index is 12.4. The highest BCUT2D eigenvalue weighted by Gasteiger charge is 2.39. The van der Waals surface area contributed by atoms with Crippen molar-refractivity contribution in [2.75, 3.05) is 20.1 Å². The Kier molecular flexibility index (Phi) is 4.16.